The van der Waals surface area contributed by atoms with Crippen LogP contribution in [0.2, 0.25) is 5.15 Å². The summed E-state index contributed by atoms with van der Waals surface area (Å²) in [4.78, 5) is 16.8. The van der Waals surface area contributed by atoms with Crippen LogP contribution in [0.25, 0.3) is 10.9 Å². The van der Waals surface area contributed by atoms with Crippen LogP contribution in [-0.4, -0.2) is 25.6 Å². The molecule has 2 aromatic carbocycles. The van der Waals surface area contributed by atoms with Crippen LogP contribution in [0.1, 0.15) is 32.6 Å². The summed E-state index contributed by atoms with van der Waals surface area (Å²) in [5.74, 6) is -0.681. The van der Waals surface area contributed by atoms with E-state index in [1.54, 1.807) is 18.2 Å². The molecule has 146 valence electrons. The number of esters is 1. The Labute approximate surface area is 169 Å². The summed E-state index contributed by atoms with van der Waals surface area (Å²) < 4.78 is 28.3. The summed E-state index contributed by atoms with van der Waals surface area (Å²) in [6.45, 7) is 3.98. The average molecular weight is 418 g/mol. The highest BCUT2D eigenvalue weighted by molar-refractivity contribution is 7.89. The van der Waals surface area contributed by atoms with E-state index in [4.69, 9.17) is 16.3 Å². The summed E-state index contributed by atoms with van der Waals surface area (Å²) in [6, 6.07) is 12.2. The molecule has 0 aliphatic heterocycles. The minimum atomic E-state index is -3.19. The van der Waals surface area contributed by atoms with Gasteiger partial charge in [0.25, 0.3) is 0 Å². The molecule has 3 aromatic rings. The van der Waals surface area contributed by atoms with E-state index in [-0.39, 0.29) is 17.9 Å². The lowest BCUT2D eigenvalue weighted by Gasteiger charge is -2.10. The lowest BCUT2D eigenvalue weighted by molar-refractivity contribution is 0.0472. The number of halogens is 1. The van der Waals surface area contributed by atoms with Crippen LogP contribution in [0.15, 0.2) is 42.5 Å². The monoisotopic (exact) mass is 417 g/mol. The number of hydrogen-bond donors (Lipinski definition) is 0. The second-order valence-electron chi connectivity index (χ2n) is 6.86. The van der Waals surface area contributed by atoms with Gasteiger partial charge in [0.05, 0.1) is 16.8 Å². The van der Waals surface area contributed by atoms with Crippen LogP contribution in [0, 0.1) is 13.8 Å². The van der Waals surface area contributed by atoms with Crippen LogP contribution in [0.4, 0.5) is 0 Å². The number of aromatic nitrogens is 1. The summed E-state index contributed by atoms with van der Waals surface area (Å²) in [7, 11) is -3.19. The van der Waals surface area contributed by atoms with Crippen molar-refractivity contribution in [2.24, 2.45) is 0 Å². The van der Waals surface area contributed by atoms with Crippen LogP contribution >= 0.6 is 11.6 Å². The van der Waals surface area contributed by atoms with Crippen LogP contribution in [-0.2, 0) is 26.9 Å². The van der Waals surface area contributed by atoms with Gasteiger partial charge in [0.1, 0.15) is 11.8 Å². The van der Waals surface area contributed by atoms with E-state index in [9.17, 15) is 13.2 Å². The number of benzene rings is 2. The fourth-order valence-electron chi connectivity index (χ4n) is 2.92. The Morgan fingerprint density at radius 3 is 2.61 bits per heavy atom. The van der Waals surface area contributed by atoms with Gasteiger partial charge in [0.15, 0.2) is 9.84 Å². The topological polar surface area (TPSA) is 73.3 Å². The number of carbonyl (C=O) groups is 1. The Hall–Kier alpha value is -2.44. The zero-order valence-corrected chi connectivity index (χ0v) is 17.4. The van der Waals surface area contributed by atoms with Crippen LogP contribution in [0.3, 0.4) is 0 Å². The van der Waals surface area contributed by atoms with Gasteiger partial charge < -0.3 is 4.74 Å². The molecule has 0 radical (unpaired) electrons. The molecule has 0 fully saturated rings. The van der Waals surface area contributed by atoms with E-state index in [2.05, 4.69) is 4.98 Å². The zero-order valence-electron chi connectivity index (χ0n) is 15.8. The molecule has 0 N–H and O–H groups in total. The number of ether oxygens (including phenoxy) is 1. The largest absolute Gasteiger partial charge is 0.457 e. The van der Waals surface area contributed by atoms with E-state index in [1.807, 2.05) is 32.0 Å². The van der Waals surface area contributed by atoms with Gasteiger partial charge in [-0.05, 0) is 48.7 Å². The number of hydrogen-bond acceptors (Lipinski definition) is 5. The van der Waals surface area contributed by atoms with Gasteiger partial charge in [-0.2, -0.15) is 0 Å². The molecular formula is C21H20ClNO4S. The second kappa shape index (κ2) is 7.89. The molecule has 0 unspecified atom stereocenters. The van der Waals surface area contributed by atoms with Gasteiger partial charge >= 0.3 is 5.97 Å². The highest BCUT2D eigenvalue weighted by atomic mass is 35.5. The molecule has 0 amide bonds. The molecule has 28 heavy (non-hydrogen) atoms. The van der Waals surface area contributed by atoms with Gasteiger partial charge in [-0.1, -0.05) is 35.9 Å². The quantitative estimate of drug-likeness (QED) is 0.454. The van der Waals surface area contributed by atoms with Crippen molar-refractivity contribution in [1.29, 1.82) is 0 Å². The number of sulfone groups is 1. The maximum absolute atomic E-state index is 12.4. The van der Waals surface area contributed by atoms with Crippen molar-refractivity contribution in [1.82, 2.24) is 4.98 Å². The van der Waals surface area contributed by atoms with E-state index in [0.29, 0.717) is 16.3 Å². The first-order chi connectivity index (χ1) is 13.1. The molecule has 0 bridgehead atoms. The van der Waals surface area contributed by atoms with Gasteiger partial charge in [-0.25, -0.2) is 18.2 Å². The Kier molecular flexibility index (Phi) is 5.72. The standard InChI is InChI=1S/C21H20ClNO4S/c1-13-7-8-16-10-18(20(22)23-19(16)14(13)2)11-27-21(24)17-6-4-5-15(9-17)12-28(3,25)26/h4-10H,11-12H2,1-3H3. The third-order valence-electron chi connectivity index (χ3n) is 4.49. The molecule has 3 rings (SSSR count). The predicted molar refractivity (Wildman–Crippen MR) is 110 cm³/mol. The molecule has 5 nitrogen and oxygen atoms in total. The lowest BCUT2D eigenvalue weighted by atomic mass is 10.0. The van der Waals surface area contributed by atoms with Gasteiger partial charge in [0, 0.05) is 17.2 Å². The molecule has 0 aliphatic carbocycles. The first-order valence-electron chi connectivity index (χ1n) is 8.63. The summed E-state index contributed by atoms with van der Waals surface area (Å²) in [5.41, 5.74) is 4.45. The highest BCUT2D eigenvalue weighted by Crippen LogP contribution is 2.25. The number of rotatable bonds is 5. The molecule has 1 aromatic heterocycles. The van der Waals surface area contributed by atoms with Crippen molar-refractivity contribution in [2.75, 3.05) is 6.26 Å². The fourth-order valence-corrected chi connectivity index (χ4v) is 3.90. The maximum atomic E-state index is 12.4. The van der Waals surface area contributed by atoms with Crippen LogP contribution in [0.5, 0.6) is 0 Å². The van der Waals surface area contributed by atoms with Crippen LogP contribution < -0.4 is 0 Å². The van der Waals surface area contributed by atoms with Crippen molar-refractivity contribution in [3.05, 3.63) is 75.4 Å². The smallest absolute Gasteiger partial charge is 0.338 e. The van der Waals surface area contributed by atoms with E-state index in [1.165, 1.54) is 6.07 Å². The Morgan fingerprint density at radius 1 is 1.14 bits per heavy atom. The molecular weight excluding hydrogens is 398 g/mol. The summed E-state index contributed by atoms with van der Waals surface area (Å²) in [5, 5.41) is 1.22. The number of carbonyl (C=O) groups excluding carboxylic acids is 1. The van der Waals surface area contributed by atoms with Crippen molar-refractivity contribution in [2.45, 2.75) is 26.2 Å². The van der Waals surface area contributed by atoms with Gasteiger partial charge in [-0.15, -0.1) is 0 Å². The first kappa shape index (κ1) is 20.3. The van der Waals surface area contributed by atoms with E-state index < -0.39 is 15.8 Å². The fraction of sp³-hybridized carbons (Fsp3) is 0.238. The Balaban J connectivity index is 1.79. The third kappa shape index (κ3) is 4.69. The molecule has 0 aliphatic rings. The molecule has 0 spiro atoms. The van der Waals surface area contributed by atoms with Crippen molar-refractivity contribution in [3.8, 4) is 0 Å². The second-order valence-corrected chi connectivity index (χ2v) is 9.36. The van der Waals surface area contributed by atoms with E-state index >= 15 is 0 Å². The van der Waals surface area contributed by atoms with Crippen molar-refractivity contribution < 1.29 is 17.9 Å². The normalized spacial score (nSPS) is 11.6. The zero-order chi connectivity index (χ0) is 20.5. The number of nitrogens with zero attached hydrogens (tertiary/aromatic N) is 1. The SMILES string of the molecule is Cc1ccc2cc(COC(=O)c3cccc(CS(C)(=O)=O)c3)c(Cl)nc2c1C. The van der Waals surface area contributed by atoms with Crippen molar-refractivity contribution >= 4 is 38.3 Å². The van der Waals surface area contributed by atoms with Gasteiger partial charge in [-0.3, -0.25) is 0 Å². The maximum Gasteiger partial charge on any atom is 0.338 e. The average Bonchev–Trinajstić information content (AvgIpc) is 2.62. The number of aryl methyl sites for hydroxylation is 2. The minimum absolute atomic E-state index is 0.0240. The number of fused-ring (bicyclic) bond motifs is 1. The first-order valence-corrected chi connectivity index (χ1v) is 11.1. The van der Waals surface area contributed by atoms with Gasteiger partial charge in [0.2, 0.25) is 0 Å². The summed E-state index contributed by atoms with van der Waals surface area (Å²) in [6.07, 6.45) is 1.15. The number of pyridine rings is 1. The highest BCUT2D eigenvalue weighted by Gasteiger charge is 2.13. The third-order valence-corrected chi connectivity index (χ3v) is 5.67. The lowest BCUT2D eigenvalue weighted by Crippen LogP contribution is -2.08. The van der Waals surface area contributed by atoms with E-state index in [0.717, 1.165) is 28.3 Å². The molecule has 0 atom stereocenters. The molecule has 1 heterocycles. The van der Waals surface area contributed by atoms with Crippen molar-refractivity contribution in [3.63, 3.8) is 0 Å². The minimum Gasteiger partial charge on any atom is -0.457 e. The summed E-state index contributed by atoms with van der Waals surface area (Å²) >= 11 is 6.29. The molecule has 7 heteroatoms. The molecule has 0 saturated heterocycles. The predicted octanol–water partition coefficient (Wildman–Crippen LogP) is 4.41. The Morgan fingerprint density at radius 2 is 1.89 bits per heavy atom. The Bertz CT molecular complexity index is 1170. The molecule has 0 saturated carbocycles.